The van der Waals surface area contributed by atoms with Gasteiger partial charge >= 0.3 is 12.1 Å². The van der Waals surface area contributed by atoms with Crippen molar-refractivity contribution in [1.82, 2.24) is 5.32 Å². The molecule has 4 nitrogen and oxygen atoms in total. The largest absolute Gasteiger partial charge is 0.462 e. The first-order valence-corrected chi connectivity index (χ1v) is 4.47. The maximum absolute atomic E-state index is 12.5. The quantitative estimate of drug-likeness (QED) is 0.699. The van der Waals surface area contributed by atoms with Gasteiger partial charge in [0.05, 0.1) is 12.2 Å². The smallest absolute Gasteiger partial charge is 0.431 e. The number of hydrogen-bond donors (Lipinski definition) is 2. The van der Waals surface area contributed by atoms with Crippen LogP contribution in [0.3, 0.4) is 0 Å². The topological polar surface area (TPSA) is 58.6 Å². The summed E-state index contributed by atoms with van der Waals surface area (Å²) in [5.74, 6) is -1.08. The Morgan fingerprint density at radius 2 is 2.25 bits per heavy atom. The van der Waals surface area contributed by atoms with Crippen LogP contribution in [0.4, 0.5) is 13.2 Å². The van der Waals surface area contributed by atoms with Crippen molar-refractivity contribution in [2.24, 2.45) is 0 Å². The number of rotatable bonds is 2. The lowest BCUT2D eigenvalue weighted by Gasteiger charge is -2.22. The van der Waals surface area contributed by atoms with E-state index < -0.39 is 29.6 Å². The minimum Gasteiger partial charge on any atom is -0.462 e. The van der Waals surface area contributed by atoms with Gasteiger partial charge in [0.25, 0.3) is 0 Å². The molecule has 1 rings (SSSR count). The summed E-state index contributed by atoms with van der Waals surface area (Å²) < 4.78 is 41.9. The maximum Gasteiger partial charge on any atom is 0.431 e. The maximum atomic E-state index is 12.5. The molecule has 0 aromatic heterocycles. The zero-order chi connectivity index (χ0) is 12.3. The number of halogens is 3. The minimum absolute atomic E-state index is 0.0239. The van der Waals surface area contributed by atoms with E-state index in [4.69, 9.17) is 5.11 Å². The molecule has 0 aliphatic carbocycles. The number of ether oxygens (including phenoxy) is 1. The second-order valence-corrected chi connectivity index (χ2v) is 2.96. The van der Waals surface area contributed by atoms with Crippen molar-refractivity contribution in [3.05, 3.63) is 23.4 Å². The van der Waals surface area contributed by atoms with Crippen LogP contribution in [-0.4, -0.2) is 30.1 Å². The predicted octanol–water partition coefficient (Wildman–Crippen LogP) is 0.844. The lowest BCUT2D eigenvalue weighted by Crippen LogP contribution is -2.38. The molecule has 1 aliphatic rings. The number of carbonyl (C=O) groups excluding carboxylic acids is 1. The Bertz CT molecular complexity index is 346. The van der Waals surface area contributed by atoms with Gasteiger partial charge in [0.1, 0.15) is 11.9 Å². The molecular weight excluding hydrogens is 227 g/mol. The lowest BCUT2D eigenvalue weighted by atomic mass is 10.1. The van der Waals surface area contributed by atoms with Crippen LogP contribution in [0.15, 0.2) is 23.4 Å². The SMILES string of the molecule is CCOC(=O)C1=C(C(F)(F)F)NC(O)C=C1. The van der Waals surface area contributed by atoms with Crippen molar-refractivity contribution in [3.8, 4) is 0 Å². The van der Waals surface area contributed by atoms with Crippen LogP contribution in [0.1, 0.15) is 6.92 Å². The molecule has 0 bridgehead atoms. The molecule has 0 radical (unpaired) electrons. The number of nitrogens with one attached hydrogen (secondary N) is 1. The number of aliphatic hydroxyl groups excluding tert-OH is 1. The second-order valence-electron chi connectivity index (χ2n) is 2.96. The summed E-state index contributed by atoms with van der Waals surface area (Å²) in [6.07, 6.45) is -4.29. The third kappa shape index (κ3) is 2.75. The van der Waals surface area contributed by atoms with Gasteiger partial charge in [0.15, 0.2) is 0 Å². The normalized spacial score (nSPS) is 20.7. The van der Waals surface area contributed by atoms with Gasteiger partial charge in [-0.15, -0.1) is 0 Å². The standard InChI is InChI=1S/C9H10F3NO3/c1-2-16-8(15)5-3-4-6(14)13-7(5)9(10,11)12/h3-4,6,13-14H,2H2,1H3. The Morgan fingerprint density at radius 1 is 1.62 bits per heavy atom. The monoisotopic (exact) mass is 237 g/mol. The van der Waals surface area contributed by atoms with Gasteiger partial charge in [-0.2, -0.15) is 13.2 Å². The van der Waals surface area contributed by atoms with Gasteiger partial charge in [0.2, 0.25) is 0 Å². The molecule has 0 aromatic carbocycles. The fourth-order valence-electron chi connectivity index (χ4n) is 1.16. The molecule has 1 heterocycles. The van der Waals surface area contributed by atoms with E-state index in [0.717, 1.165) is 12.2 Å². The highest BCUT2D eigenvalue weighted by molar-refractivity contribution is 5.93. The highest BCUT2D eigenvalue weighted by atomic mass is 19.4. The van der Waals surface area contributed by atoms with E-state index in [-0.39, 0.29) is 6.61 Å². The van der Waals surface area contributed by atoms with Crippen LogP contribution >= 0.6 is 0 Å². The van der Waals surface area contributed by atoms with E-state index in [9.17, 15) is 18.0 Å². The number of hydrogen-bond acceptors (Lipinski definition) is 4. The van der Waals surface area contributed by atoms with Gasteiger partial charge in [-0.05, 0) is 19.1 Å². The Labute approximate surface area is 89.4 Å². The van der Waals surface area contributed by atoms with Gasteiger partial charge in [0, 0.05) is 0 Å². The summed E-state index contributed by atoms with van der Waals surface area (Å²) >= 11 is 0. The highest BCUT2D eigenvalue weighted by Gasteiger charge is 2.40. The molecule has 0 amide bonds. The average molecular weight is 237 g/mol. The fourth-order valence-corrected chi connectivity index (χ4v) is 1.16. The van der Waals surface area contributed by atoms with Crippen molar-refractivity contribution < 1.29 is 27.8 Å². The Hall–Kier alpha value is -1.50. The third-order valence-corrected chi connectivity index (χ3v) is 1.79. The van der Waals surface area contributed by atoms with Crippen LogP contribution in [-0.2, 0) is 9.53 Å². The van der Waals surface area contributed by atoms with E-state index >= 15 is 0 Å². The van der Waals surface area contributed by atoms with E-state index in [2.05, 4.69) is 4.74 Å². The molecule has 0 aromatic rings. The minimum atomic E-state index is -4.74. The second kappa shape index (κ2) is 4.56. The number of aliphatic hydroxyl groups is 1. The number of dihydropyridines is 1. The number of carbonyl (C=O) groups is 1. The number of esters is 1. The number of alkyl halides is 3. The molecule has 0 spiro atoms. The molecule has 0 saturated heterocycles. The number of allylic oxidation sites excluding steroid dienone is 1. The summed E-state index contributed by atoms with van der Waals surface area (Å²) in [7, 11) is 0. The van der Waals surface area contributed by atoms with E-state index in [1.807, 2.05) is 0 Å². The van der Waals surface area contributed by atoms with Gasteiger partial charge in [-0.1, -0.05) is 0 Å². The van der Waals surface area contributed by atoms with Crippen LogP contribution in [0.5, 0.6) is 0 Å². The van der Waals surface area contributed by atoms with Crippen molar-refractivity contribution in [2.75, 3.05) is 6.61 Å². The van der Waals surface area contributed by atoms with Gasteiger partial charge in [-0.3, -0.25) is 0 Å². The summed E-state index contributed by atoms with van der Waals surface area (Å²) in [6, 6.07) is 0. The summed E-state index contributed by atoms with van der Waals surface area (Å²) in [4.78, 5) is 11.2. The summed E-state index contributed by atoms with van der Waals surface area (Å²) in [6.45, 7) is 1.46. The van der Waals surface area contributed by atoms with E-state index in [0.29, 0.717) is 0 Å². The average Bonchev–Trinajstić information content (AvgIpc) is 2.16. The molecule has 7 heteroatoms. The molecule has 1 aliphatic heterocycles. The fraction of sp³-hybridized carbons (Fsp3) is 0.444. The molecule has 0 saturated carbocycles. The Morgan fingerprint density at radius 3 is 2.75 bits per heavy atom. The first-order valence-electron chi connectivity index (χ1n) is 4.47. The first-order chi connectivity index (χ1) is 7.36. The lowest BCUT2D eigenvalue weighted by molar-refractivity contribution is -0.140. The zero-order valence-electron chi connectivity index (χ0n) is 8.34. The molecule has 1 atom stereocenters. The van der Waals surface area contributed by atoms with Gasteiger partial charge < -0.3 is 15.2 Å². The van der Waals surface area contributed by atoms with Crippen molar-refractivity contribution in [3.63, 3.8) is 0 Å². The van der Waals surface area contributed by atoms with Crippen molar-refractivity contribution >= 4 is 5.97 Å². The van der Waals surface area contributed by atoms with Crippen molar-refractivity contribution in [1.29, 1.82) is 0 Å². The van der Waals surface area contributed by atoms with E-state index in [1.165, 1.54) is 6.92 Å². The molecule has 0 fully saturated rings. The molecule has 90 valence electrons. The zero-order valence-corrected chi connectivity index (χ0v) is 8.34. The van der Waals surface area contributed by atoms with E-state index in [1.54, 1.807) is 5.32 Å². The summed E-state index contributed by atoms with van der Waals surface area (Å²) in [5, 5.41) is 10.8. The molecule has 1 unspecified atom stereocenters. The van der Waals surface area contributed by atoms with Crippen LogP contribution in [0.25, 0.3) is 0 Å². The molecule has 2 N–H and O–H groups in total. The third-order valence-electron chi connectivity index (χ3n) is 1.79. The predicted molar refractivity (Wildman–Crippen MR) is 48.0 cm³/mol. The molecule has 16 heavy (non-hydrogen) atoms. The van der Waals surface area contributed by atoms with Crippen LogP contribution < -0.4 is 5.32 Å². The van der Waals surface area contributed by atoms with Crippen molar-refractivity contribution in [2.45, 2.75) is 19.3 Å². The highest BCUT2D eigenvalue weighted by Crippen LogP contribution is 2.29. The molecular formula is C9H10F3NO3. The Balaban J connectivity index is 3.07. The van der Waals surface area contributed by atoms with Crippen LogP contribution in [0.2, 0.25) is 0 Å². The summed E-state index contributed by atoms with van der Waals surface area (Å²) in [5.41, 5.74) is -1.93. The first kappa shape index (κ1) is 12.6. The van der Waals surface area contributed by atoms with Gasteiger partial charge in [-0.25, -0.2) is 4.79 Å². The Kier molecular flexibility index (Phi) is 3.58. The van der Waals surface area contributed by atoms with Crippen LogP contribution in [0, 0.1) is 0 Å².